The maximum Gasteiger partial charge on any atom is 0.267 e. The van der Waals surface area contributed by atoms with Crippen LogP contribution in [-0.2, 0) is 16.0 Å². The van der Waals surface area contributed by atoms with Crippen molar-refractivity contribution in [1.29, 1.82) is 0 Å². The monoisotopic (exact) mass is 409 g/mol. The minimum absolute atomic E-state index is 0.187. The standard InChI is InChI=1S/C24H27NO3S/c1-4-29-22-21(19-10-12-20(13-11-19)28-16-17(2)3)23(26)25(24(22)27)15-14-18-8-6-5-7-9-18/h5-13,17H,4,14-16H2,1-3H3. The van der Waals surface area contributed by atoms with E-state index in [1.54, 1.807) is 0 Å². The highest BCUT2D eigenvalue weighted by Gasteiger charge is 2.38. The van der Waals surface area contributed by atoms with Crippen molar-refractivity contribution in [1.82, 2.24) is 4.90 Å². The zero-order valence-electron chi connectivity index (χ0n) is 17.2. The third-order valence-corrected chi connectivity index (χ3v) is 5.56. The molecule has 0 saturated carbocycles. The number of imide groups is 1. The molecule has 5 heteroatoms. The Hall–Kier alpha value is -2.53. The fraction of sp³-hybridized carbons (Fsp3) is 0.333. The van der Waals surface area contributed by atoms with Gasteiger partial charge in [-0.05, 0) is 41.4 Å². The van der Waals surface area contributed by atoms with Crippen molar-refractivity contribution in [3.05, 3.63) is 70.6 Å². The summed E-state index contributed by atoms with van der Waals surface area (Å²) in [6.45, 7) is 7.21. The Morgan fingerprint density at radius 1 is 0.966 bits per heavy atom. The molecule has 0 spiro atoms. The molecule has 1 heterocycles. The molecular formula is C24H27NO3S. The minimum Gasteiger partial charge on any atom is -0.493 e. The second kappa shape index (κ2) is 9.79. The van der Waals surface area contributed by atoms with Gasteiger partial charge in [-0.1, -0.05) is 63.2 Å². The topological polar surface area (TPSA) is 46.6 Å². The Morgan fingerprint density at radius 3 is 2.28 bits per heavy atom. The van der Waals surface area contributed by atoms with Crippen molar-refractivity contribution in [2.75, 3.05) is 18.9 Å². The Labute approximate surface area is 176 Å². The molecule has 0 unspecified atom stereocenters. The van der Waals surface area contributed by atoms with Crippen molar-refractivity contribution in [2.45, 2.75) is 27.2 Å². The summed E-state index contributed by atoms with van der Waals surface area (Å²) in [7, 11) is 0. The van der Waals surface area contributed by atoms with Crippen molar-refractivity contribution in [2.24, 2.45) is 5.92 Å². The smallest absolute Gasteiger partial charge is 0.267 e. The number of ether oxygens (including phenoxy) is 1. The molecular weight excluding hydrogens is 382 g/mol. The Bertz CT molecular complexity index is 888. The van der Waals surface area contributed by atoms with E-state index < -0.39 is 0 Å². The highest BCUT2D eigenvalue weighted by Crippen LogP contribution is 2.36. The lowest BCUT2D eigenvalue weighted by molar-refractivity contribution is -0.136. The molecule has 2 aromatic rings. The fourth-order valence-corrected chi connectivity index (χ4v) is 4.03. The van der Waals surface area contributed by atoms with E-state index in [0.29, 0.717) is 36.0 Å². The molecule has 0 bridgehead atoms. The van der Waals surface area contributed by atoms with Crippen molar-refractivity contribution >= 4 is 29.1 Å². The van der Waals surface area contributed by atoms with E-state index in [-0.39, 0.29) is 11.8 Å². The Balaban J connectivity index is 1.79. The molecule has 0 fully saturated rings. The lowest BCUT2D eigenvalue weighted by Gasteiger charge is -2.15. The van der Waals surface area contributed by atoms with Crippen LogP contribution in [0.1, 0.15) is 31.9 Å². The third kappa shape index (κ3) is 5.10. The highest BCUT2D eigenvalue weighted by atomic mass is 32.2. The van der Waals surface area contributed by atoms with Gasteiger partial charge in [0.05, 0.1) is 17.1 Å². The zero-order chi connectivity index (χ0) is 20.8. The van der Waals surface area contributed by atoms with Gasteiger partial charge in [0.2, 0.25) is 0 Å². The number of thioether (sulfide) groups is 1. The SMILES string of the molecule is CCSC1=C(c2ccc(OCC(C)C)cc2)C(=O)N(CCc2ccccc2)C1=O. The van der Waals surface area contributed by atoms with Gasteiger partial charge in [0, 0.05) is 6.54 Å². The molecule has 0 atom stereocenters. The van der Waals surface area contributed by atoms with E-state index in [1.807, 2.05) is 61.5 Å². The van der Waals surface area contributed by atoms with E-state index in [0.717, 1.165) is 22.6 Å². The second-order valence-electron chi connectivity index (χ2n) is 7.36. The van der Waals surface area contributed by atoms with Crippen LogP contribution in [0.25, 0.3) is 5.57 Å². The summed E-state index contributed by atoms with van der Waals surface area (Å²) in [6, 6.07) is 17.4. The predicted octanol–water partition coefficient (Wildman–Crippen LogP) is 4.80. The van der Waals surface area contributed by atoms with Crippen LogP contribution in [0.4, 0.5) is 0 Å². The van der Waals surface area contributed by atoms with E-state index in [2.05, 4.69) is 13.8 Å². The van der Waals surface area contributed by atoms with Crippen LogP contribution < -0.4 is 4.74 Å². The van der Waals surface area contributed by atoms with Gasteiger partial charge in [-0.2, -0.15) is 0 Å². The normalized spacial score (nSPS) is 14.3. The number of hydrogen-bond donors (Lipinski definition) is 0. The van der Waals surface area contributed by atoms with Crippen LogP contribution >= 0.6 is 11.8 Å². The number of amides is 2. The first-order valence-electron chi connectivity index (χ1n) is 10.0. The van der Waals surface area contributed by atoms with Gasteiger partial charge in [-0.3, -0.25) is 14.5 Å². The van der Waals surface area contributed by atoms with Gasteiger partial charge >= 0.3 is 0 Å². The van der Waals surface area contributed by atoms with Crippen molar-refractivity contribution < 1.29 is 14.3 Å². The van der Waals surface area contributed by atoms with E-state index in [4.69, 9.17) is 4.74 Å². The largest absolute Gasteiger partial charge is 0.493 e. The van der Waals surface area contributed by atoms with Crippen LogP contribution in [0.15, 0.2) is 59.5 Å². The number of rotatable bonds is 9. The maximum atomic E-state index is 13.1. The number of nitrogens with zero attached hydrogens (tertiary/aromatic N) is 1. The van der Waals surface area contributed by atoms with E-state index in [9.17, 15) is 9.59 Å². The van der Waals surface area contributed by atoms with Gasteiger partial charge in [0.25, 0.3) is 11.8 Å². The summed E-state index contributed by atoms with van der Waals surface area (Å²) in [4.78, 5) is 28.0. The molecule has 152 valence electrons. The second-order valence-corrected chi connectivity index (χ2v) is 8.64. The number of hydrogen-bond acceptors (Lipinski definition) is 4. The van der Waals surface area contributed by atoms with Gasteiger partial charge in [0.1, 0.15) is 5.75 Å². The summed E-state index contributed by atoms with van der Waals surface area (Å²) < 4.78 is 5.73. The lowest BCUT2D eigenvalue weighted by atomic mass is 10.1. The third-order valence-electron chi connectivity index (χ3n) is 4.61. The fourth-order valence-electron chi connectivity index (χ4n) is 3.16. The van der Waals surface area contributed by atoms with Crippen LogP contribution in [0.3, 0.4) is 0 Å². The van der Waals surface area contributed by atoms with Crippen LogP contribution in [0, 0.1) is 5.92 Å². The maximum absolute atomic E-state index is 13.1. The van der Waals surface area contributed by atoms with Crippen LogP contribution in [0.5, 0.6) is 5.75 Å². The van der Waals surface area contributed by atoms with Gasteiger partial charge in [-0.25, -0.2) is 0 Å². The molecule has 2 aromatic carbocycles. The summed E-state index contributed by atoms with van der Waals surface area (Å²) in [5.74, 6) is 1.55. The predicted molar refractivity (Wildman–Crippen MR) is 119 cm³/mol. The first-order chi connectivity index (χ1) is 14.0. The Kier molecular flexibility index (Phi) is 7.15. The molecule has 2 amide bonds. The van der Waals surface area contributed by atoms with E-state index in [1.165, 1.54) is 16.7 Å². The average Bonchev–Trinajstić information content (AvgIpc) is 2.96. The van der Waals surface area contributed by atoms with Crippen LogP contribution in [-0.4, -0.2) is 35.6 Å². The van der Waals surface area contributed by atoms with Gasteiger partial charge < -0.3 is 4.74 Å². The first-order valence-corrected chi connectivity index (χ1v) is 11.0. The van der Waals surface area contributed by atoms with Crippen molar-refractivity contribution in [3.63, 3.8) is 0 Å². The van der Waals surface area contributed by atoms with Gasteiger partial charge in [-0.15, -0.1) is 11.8 Å². The minimum atomic E-state index is -0.210. The number of carbonyl (C=O) groups excluding carboxylic acids is 2. The zero-order valence-corrected chi connectivity index (χ0v) is 18.0. The molecule has 0 N–H and O–H groups in total. The lowest BCUT2D eigenvalue weighted by Crippen LogP contribution is -2.33. The number of benzene rings is 2. The van der Waals surface area contributed by atoms with Crippen LogP contribution in [0.2, 0.25) is 0 Å². The highest BCUT2D eigenvalue weighted by molar-refractivity contribution is 8.04. The summed E-state index contributed by atoms with van der Waals surface area (Å²) >= 11 is 1.43. The summed E-state index contributed by atoms with van der Waals surface area (Å²) in [6.07, 6.45) is 0.650. The molecule has 0 radical (unpaired) electrons. The molecule has 29 heavy (non-hydrogen) atoms. The van der Waals surface area contributed by atoms with E-state index >= 15 is 0 Å². The average molecular weight is 410 g/mol. The van der Waals surface area contributed by atoms with Gasteiger partial charge in [0.15, 0.2) is 0 Å². The van der Waals surface area contributed by atoms with Crippen molar-refractivity contribution in [3.8, 4) is 5.75 Å². The number of carbonyl (C=O) groups is 2. The quantitative estimate of drug-likeness (QED) is 0.558. The summed E-state index contributed by atoms with van der Waals surface area (Å²) in [5, 5.41) is 0. The molecule has 1 aliphatic heterocycles. The molecule has 0 saturated heterocycles. The molecule has 3 rings (SSSR count). The molecule has 0 aliphatic carbocycles. The first kappa shape index (κ1) is 21.2. The Morgan fingerprint density at radius 2 is 1.66 bits per heavy atom. The molecule has 1 aliphatic rings. The molecule has 4 nitrogen and oxygen atoms in total. The summed E-state index contributed by atoms with van der Waals surface area (Å²) in [5.41, 5.74) is 2.38. The molecule has 0 aromatic heterocycles.